The number of benzene rings is 1. The zero-order chi connectivity index (χ0) is 17.6. The maximum Gasteiger partial charge on any atom is 0.251 e. The highest BCUT2D eigenvalue weighted by Gasteiger charge is 2.14. The number of nitrogens with one attached hydrogen (secondary N) is 1. The second-order valence-electron chi connectivity index (χ2n) is 6.49. The lowest BCUT2D eigenvalue weighted by molar-refractivity contribution is 0.0714. The topological polar surface area (TPSA) is 82.5 Å². The van der Waals surface area contributed by atoms with Gasteiger partial charge in [-0.3, -0.25) is 9.78 Å². The quantitative estimate of drug-likeness (QED) is 0.728. The summed E-state index contributed by atoms with van der Waals surface area (Å²) in [4.78, 5) is 16.3. The molecule has 5 nitrogen and oxygen atoms in total. The summed E-state index contributed by atoms with van der Waals surface area (Å²) in [5, 5.41) is 22.6. The molecule has 0 bridgehead atoms. The number of aliphatic hydroxyl groups excluding tert-OH is 1. The van der Waals surface area contributed by atoms with Crippen molar-refractivity contribution >= 4 is 5.91 Å². The van der Waals surface area contributed by atoms with Crippen LogP contribution in [0.4, 0.5) is 0 Å². The first kappa shape index (κ1) is 18.1. The number of aryl methyl sites for hydroxylation is 1. The summed E-state index contributed by atoms with van der Waals surface area (Å²) >= 11 is 0. The maximum atomic E-state index is 12.2. The van der Waals surface area contributed by atoms with E-state index in [1.165, 1.54) is 0 Å². The van der Waals surface area contributed by atoms with Gasteiger partial charge in [0.05, 0.1) is 11.3 Å². The molecule has 3 N–H and O–H groups in total. The smallest absolute Gasteiger partial charge is 0.251 e. The molecule has 0 fully saturated rings. The Morgan fingerprint density at radius 1 is 1.25 bits per heavy atom. The Balaban J connectivity index is 1.92. The van der Waals surface area contributed by atoms with Gasteiger partial charge in [0.1, 0.15) is 6.10 Å². The van der Waals surface area contributed by atoms with Crippen LogP contribution in [0.3, 0.4) is 0 Å². The van der Waals surface area contributed by atoms with Gasteiger partial charge in [0.15, 0.2) is 0 Å². The van der Waals surface area contributed by atoms with E-state index >= 15 is 0 Å². The highest BCUT2D eigenvalue weighted by molar-refractivity contribution is 5.94. The highest BCUT2D eigenvalue weighted by atomic mass is 16.3. The molecule has 0 saturated carbocycles. The first-order valence-corrected chi connectivity index (χ1v) is 8.04. The van der Waals surface area contributed by atoms with E-state index in [1.54, 1.807) is 44.3 Å². The largest absolute Gasteiger partial charge is 0.390 e. The fraction of sp³-hybridized carbons (Fsp3) is 0.368. The van der Waals surface area contributed by atoms with Crippen molar-refractivity contribution < 1.29 is 15.0 Å². The van der Waals surface area contributed by atoms with Gasteiger partial charge in [-0.25, -0.2) is 0 Å². The third-order valence-corrected chi connectivity index (χ3v) is 3.70. The zero-order valence-corrected chi connectivity index (χ0v) is 14.1. The Bertz CT molecular complexity index is 666. The lowest BCUT2D eigenvalue weighted by Crippen LogP contribution is -2.28. The van der Waals surface area contributed by atoms with Gasteiger partial charge in [-0.05, 0) is 56.5 Å². The minimum Gasteiger partial charge on any atom is -0.390 e. The number of hydrogen-bond donors (Lipinski definition) is 3. The van der Waals surface area contributed by atoms with Crippen molar-refractivity contribution in [3.05, 3.63) is 65.5 Å². The first-order chi connectivity index (χ1) is 11.3. The van der Waals surface area contributed by atoms with Crippen LogP contribution in [0, 0.1) is 0 Å². The van der Waals surface area contributed by atoms with E-state index in [2.05, 4.69) is 10.3 Å². The van der Waals surface area contributed by atoms with Crippen LogP contribution in [0.1, 0.15) is 48.0 Å². The zero-order valence-electron chi connectivity index (χ0n) is 14.1. The second-order valence-corrected chi connectivity index (χ2v) is 6.49. The minimum absolute atomic E-state index is 0.101. The molecule has 1 unspecified atom stereocenters. The molecule has 0 radical (unpaired) electrons. The van der Waals surface area contributed by atoms with Gasteiger partial charge >= 0.3 is 0 Å². The molecule has 1 atom stereocenters. The van der Waals surface area contributed by atoms with Gasteiger partial charge in [-0.2, -0.15) is 0 Å². The van der Waals surface area contributed by atoms with E-state index in [0.29, 0.717) is 24.1 Å². The Kier molecular flexibility index (Phi) is 6.06. The summed E-state index contributed by atoms with van der Waals surface area (Å²) in [5.41, 5.74) is 1.33. The average molecular weight is 328 g/mol. The van der Waals surface area contributed by atoms with Crippen molar-refractivity contribution in [1.82, 2.24) is 10.3 Å². The van der Waals surface area contributed by atoms with Gasteiger partial charge in [0.25, 0.3) is 5.91 Å². The molecule has 1 heterocycles. The first-order valence-electron chi connectivity index (χ1n) is 8.04. The number of carbonyl (C=O) groups excluding carboxylic acids is 1. The van der Waals surface area contributed by atoms with Crippen molar-refractivity contribution in [1.29, 1.82) is 0 Å². The van der Waals surface area contributed by atoms with E-state index in [4.69, 9.17) is 0 Å². The van der Waals surface area contributed by atoms with Gasteiger partial charge < -0.3 is 15.5 Å². The van der Waals surface area contributed by atoms with Crippen LogP contribution in [-0.2, 0) is 6.42 Å². The van der Waals surface area contributed by atoms with E-state index in [9.17, 15) is 15.0 Å². The number of rotatable bonds is 7. The molecular formula is C19H24N2O3. The molecule has 1 amide bonds. The van der Waals surface area contributed by atoms with Gasteiger partial charge in [0.2, 0.25) is 0 Å². The van der Waals surface area contributed by atoms with Crippen molar-refractivity contribution in [3.8, 4) is 0 Å². The molecule has 0 aliphatic rings. The Labute approximate surface area is 142 Å². The molecule has 1 aromatic carbocycles. The molecule has 0 aliphatic heterocycles. The lowest BCUT2D eigenvalue weighted by Gasteiger charge is -2.17. The summed E-state index contributed by atoms with van der Waals surface area (Å²) in [7, 11) is 0. The summed E-state index contributed by atoms with van der Waals surface area (Å²) in [6, 6.07) is 12.6. The molecule has 2 aromatic rings. The summed E-state index contributed by atoms with van der Waals surface area (Å²) in [6.45, 7) is 3.63. The maximum absolute atomic E-state index is 12.2. The Morgan fingerprint density at radius 2 is 2.04 bits per heavy atom. The number of carbonyl (C=O) groups is 1. The molecule has 5 heteroatoms. The molecule has 0 aliphatic carbocycles. The predicted octanol–water partition coefficient (Wildman–Crippen LogP) is 2.25. The normalized spacial score (nSPS) is 12.7. The van der Waals surface area contributed by atoms with Crippen LogP contribution in [-0.4, -0.2) is 33.3 Å². The third kappa shape index (κ3) is 5.76. The van der Waals surface area contributed by atoms with Crippen LogP contribution in [0.15, 0.2) is 48.7 Å². The SMILES string of the molecule is CC(C)(O)CCc1cccc(C(=O)NCC(O)c2ccccn2)c1. The van der Waals surface area contributed by atoms with Gasteiger partial charge in [-0.1, -0.05) is 18.2 Å². The number of nitrogens with zero attached hydrogens (tertiary/aromatic N) is 1. The van der Waals surface area contributed by atoms with Crippen molar-refractivity contribution in [3.63, 3.8) is 0 Å². The number of hydrogen-bond acceptors (Lipinski definition) is 4. The average Bonchev–Trinajstić information content (AvgIpc) is 2.58. The van der Waals surface area contributed by atoms with E-state index < -0.39 is 11.7 Å². The molecule has 1 aromatic heterocycles. The van der Waals surface area contributed by atoms with Crippen LogP contribution in [0.5, 0.6) is 0 Å². The highest BCUT2D eigenvalue weighted by Crippen LogP contribution is 2.14. The van der Waals surface area contributed by atoms with E-state index in [0.717, 1.165) is 5.56 Å². The predicted molar refractivity (Wildman–Crippen MR) is 92.6 cm³/mol. The molecule has 2 rings (SSSR count). The second kappa shape index (κ2) is 8.04. The minimum atomic E-state index is -0.839. The molecule has 24 heavy (non-hydrogen) atoms. The number of pyridine rings is 1. The Morgan fingerprint density at radius 3 is 2.71 bits per heavy atom. The summed E-state index contributed by atoms with van der Waals surface area (Å²) < 4.78 is 0. The van der Waals surface area contributed by atoms with Crippen LogP contribution in [0.25, 0.3) is 0 Å². The lowest BCUT2D eigenvalue weighted by atomic mass is 9.98. The van der Waals surface area contributed by atoms with Crippen LogP contribution < -0.4 is 5.32 Å². The van der Waals surface area contributed by atoms with Gasteiger partial charge in [0, 0.05) is 18.3 Å². The molecule has 0 saturated heterocycles. The standard InChI is InChI=1S/C19H24N2O3/c1-19(2,24)10-9-14-6-5-7-15(12-14)18(23)21-13-17(22)16-8-3-4-11-20-16/h3-8,11-12,17,22,24H,9-10,13H2,1-2H3,(H,21,23). The Hall–Kier alpha value is -2.24. The number of amides is 1. The molecule has 128 valence electrons. The van der Waals surface area contributed by atoms with Crippen molar-refractivity contribution in [2.75, 3.05) is 6.54 Å². The fourth-order valence-electron chi connectivity index (χ4n) is 2.29. The van der Waals surface area contributed by atoms with E-state index in [1.807, 2.05) is 18.2 Å². The number of aromatic nitrogens is 1. The molecular weight excluding hydrogens is 304 g/mol. The van der Waals surface area contributed by atoms with Crippen LogP contribution >= 0.6 is 0 Å². The summed E-state index contributed by atoms with van der Waals surface area (Å²) in [6.07, 6.45) is 2.08. The molecule has 0 spiro atoms. The number of aliphatic hydroxyl groups is 2. The van der Waals surface area contributed by atoms with Crippen molar-refractivity contribution in [2.24, 2.45) is 0 Å². The van der Waals surface area contributed by atoms with Crippen LogP contribution in [0.2, 0.25) is 0 Å². The fourth-order valence-corrected chi connectivity index (χ4v) is 2.29. The van der Waals surface area contributed by atoms with E-state index in [-0.39, 0.29) is 12.5 Å². The van der Waals surface area contributed by atoms with Crippen molar-refractivity contribution in [2.45, 2.75) is 38.4 Å². The van der Waals surface area contributed by atoms with Gasteiger partial charge in [-0.15, -0.1) is 0 Å². The monoisotopic (exact) mass is 328 g/mol. The summed E-state index contributed by atoms with van der Waals surface area (Å²) in [5.74, 6) is -0.241. The third-order valence-electron chi connectivity index (χ3n) is 3.70.